The van der Waals surface area contributed by atoms with Crippen LogP contribution in [0.3, 0.4) is 0 Å². The van der Waals surface area contributed by atoms with E-state index in [0.29, 0.717) is 5.75 Å². The molecular weight excluding hydrogens is 389 g/mol. The molecule has 3 aromatic carbocycles. The zero-order chi connectivity index (χ0) is 20.1. The maximum atomic E-state index is 13.0. The predicted octanol–water partition coefficient (Wildman–Crippen LogP) is 6.39. The van der Waals surface area contributed by atoms with Crippen molar-refractivity contribution in [1.82, 2.24) is 0 Å². The number of amidine groups is 1. The largest absolute Gasteiger partial charge is 0.455 e. The van der Waals surface area contributed by atoms with Gasteiger partial charge in [-0.25, -0.2) is 4.99 Å². The number of rotatable bonds is 5. The fourth-order valence-corrected chi connectivity index (χ4v) is 2.58. The van der Waals surface area contributed by atoms with Gasteiger partial charge in [0, 0.05) is 0 Å². The van der Waals surface area contributed by atoms with Crippen molar-refractivity contribution < 1.29 is 17.9 Å². The summed E-state index contributed by atoms with van der Waals surface area (Å²) < 4.78 is 44.8. The molecule has 0 aliphatic heterocycles. The van der Waals surface area contributed by atoms with Crippen molar-refractivity contribution in [2.75, 3.05) is 5.88 Å². The van der Waals surface area contributed by atoms with Crippen molar-refractivity contribution in [3.63, 3.8) is 0 Å². The Bertz CT molecular complexity index is 971. The first-order chi connectivity index (χ1) is 13.4. The van der Waals surface area contributed by atoms with E-state index in [1.165, 1.54) is 6.07 Å². The average molecular weight is 405 g/mol. The molecule has 3 nitrogen and oxygen atoms in total. The van der Waals surface area contributed by atoms with Crippen molar-refractivity contribution in [3.05, 3.63) is 78.4 Å². The number of hydrogen-bond donors (Lipinski definition) is 1. The van der Waals surface area contributed by atoms with Crippen LogP contribution in [-0.4, -0.2) is 11.7 Å². The highest BCUT2D eigenvalue weighted by molar-refractivity contribution is 6.28. The Kier molecular flexibility index (Phi) is 5.90. The standard InChI is InChI=1S/C21H16ClF3N2O/c22-13-20(26)27-18-12-16(21(23,24)25)8-11-19(18)28-17-9-6-15(7-10-17)14-4-2-1-3-5-14/h1-12H,13H2,(H2,26,27). The molecule has 0 fully saturated rings. The van der Waals surface area contributed by atoms with E-state index in [9.17, 15) is 13.2 Å². The molecule has 7 heteroatoms. The first-order valence-corrected chi connectivity index (χ1v) is 8.84. The quantitative estimate of drug-likeness (QED) is 0.304. The summed E-state index contributed by atoms with van der Waals surface area (Å²) in [4.78, 5) is 3.95. The maximum absolute atomic E-state index is 13.0. The Morgan fingerprint density at radius 1 is 0.929 bits per heavy atom. The highest BCUT2D eigenvalue weighted by Gasteiger charge is 2.31. The minimum Gasteiger partial charge on any atom is -0.455 e. The lowest BCUT2D eigenvalue weighted by Crippen LogP contribution is -2.12. The summed E-state index contributed by atoms with van der Waals surface area (Å²) in [6.45, 7) is 0. The third kappa shape index (κ3) is 4.84. The second kappa shape index (κ2) is 8.35. The van der Waals surface area contributed by atoms with Gasteiger partial charge in [-0.3, -0.25) is 0 Å². The van der Waals surface area contributed by atoms with Gasteiger partial charge in [0.1, 0.15) is 17.3 Å². The van der Waals surface area contributed by atoms with E-state index in [4.69, 9.17) is 22.1 Å². The molecule has 0 atom stereocenters. The van der Waals surface area contributed by atoms with Gasteiger partial charge in [0.25, 0.3) is 0 Å². The molecule has 0 aliphatic rings. The smallest absolute Gasteiger partial charge is 0.416 e. The number of hydrogen-bond acceptors (Lipinski definition) is 2. The first kappa shape index (κ1) is 19.8. The van der Waals surface area contributed by atoms with Gasteiger partial charge in [0.05, 0.1) is 11.4 Å². The molecule has 0 amide bonds. The summed E-state index contributed by atoms with van der Waals surface area (Å²) in [5.74, 6) is 0.487. The van der Waals surface area contributed by atoms with Gasteiger partial charge in [-0.05, 0) is 41.5 Å². The normalized spacial score (nSPS) is 12.1. The van der Waals surface area contributed by atoms with Gasteiger partial charge in [0.15, 0.2) is 5.75 Å². The molecule has 0 bridgehead atoms. The first-order valence-electron chi connectivity index (χ1n) is 8.30. The summed E-state index contributed by atoms with van der Waals surface area (Å²) >= 11 is 5.60. The summed E-state index contributed by atoms with van der Waals surface area (Å²) in [7, 11) is 0. The van der Waals surface area contributed by atoms with Crippen molar-refractivity contribution >= 4 is 23.1 Å². The van der Waals surface area contributed by atoms with Crippen LogP contribution in [0.2, 0.25) is 0 Å². The average Bonchev–Trinajstić information content (AvgIpc) is 2.69. The Balaban J connectivity index is 1.91. The van der Waals surface area contributed by atoms with Crippen molar-refractivity contribution in [1.29, 1.82) is 0 Å². The SMILES string of the molecule is NC(CCl)=Nc1cc(C(F)(F)F)ccc1Oc1ccc(-c2ccccc2)cc1. The zero-order valence-corrected chi connectivity index (χ0v) is 15.3. The molecule has 0 aliphatic carbocycles. The van der Waals surface area contributed by atoms with Crippen LogP contribution in [-0.2, 0) is 6.18 Å². The summed E-state index contributed by atoms with van der Waals surface area (Å²) in [6, 6.07) is 20.0. The molecule has 28 heavy (non-hydrogen) atoms. The molecule has 0 unspecified atom stereocenters. The van der Waals surface area contributed by atoms with Crippen molar-refractivity contribution in [2.24, 2.45) is 10.7 Å². The number of aliphatic imine (C=N–C) groups is 1. The molecule has 0 saturated carbocycles. The van der Waals surface area contributed by atoms with E-state index in [2.05, 4.69) is 4.99 Å². The van der Waals surface area contributed by atoms with Crippen LogP contribution in [0.5, 0.6) is 11.5 Å². The van der Waals surface area contributed by atoms with Gasteiger partial charge in [-0.1, -0.05) is 42.5 Å². The number of nitrogens with two attached hydrogens (primary N) is 1. The number of alkyl halides is 4. The highest BCUT2D eigenvalue weighted by atomic mass is 35.5. The van der Waals surface area contributed by atoms with Gasteiger partial charge >= 0.3 is 6.18 Å². The van der Waals surface area contributed by atoms with E-state index in [0.717, 1.165) is 23.3 Å². The van der Waals surface area contributed by atoms with E-state index in [-0.39, 0.29) is 23.2 Å². The Hall–Kier alpha value is -2.99. The number of benzene rings is 3. The van der Waals surface area contributed by atoms with Crippen LogP contribution in [0.15, 0.2) is 77.8 Å². The lowest BCUT2D eigenvalue weighted by Gasteiger charge is -2.13. The Morgan fingerprint density at radius 2 is 1.57 bits per heavy atom. The second-order valence-electron chi connectivity index (χ2n) is 5.91. The Morgan fingerprint density at radius 3 is 2.18 bits per heavy atom. The van der Waals surface area contributed by atoms with E-state index < -0.39 is 11.7 Å². The minimum absolute atomic E-state index is 0.00901. The monoisotopic (exact) mass is 404 g/mol. The molecule has 0 saturated heterocycles. The topological polar surface area (TPSA) is 47.6 Å². The van der Waals surface area contributed by atoms with Crippen LogP contribution >= 0.6 is 11.6 Å². The summed E-state index contributed by atoms with van der Waals surface area (Å²) in [5.41, 5.74) is 6.74. The molecule has 3 aromatic rings. The lowest BCUT2D eigenvalue weighted by molar-refractivity contribution is -0.137. The second-order valence-corrected chi connectivity index (χ2v) is 6.18. The Labute approximate surface area is 165 Å². The van der Waals surface area contributed by atoms with Gasteiger partial charge in [0.2, 0.25) is 0 Å². The summed E-state index contributed by atoms with van der Waals surface area (Å²) in [6.07, 6.45) is -4.50. The van der Waals surface area contributed by atoms with Crippen LogP contribution in [0, 0.1) is 0 Å². The summed E-state index contributed by atoms with van der Waals surface area (Å²) in [5, 5.41) is 0. The van der Waals surface area contributed by atoms with Gasteiger partial charge in [-0.15, -0.1) is 11.6 Å². The molecule has 0 radical (unpaired) electrons. The van der Waals surface area contributed by atoms with Gasteiger partial charge < -0.3 is 10.5 Å². The van der Waals surface area contributed by atoms with E-state index in [1.54, 1.807) is 12.1 Å². The molecule has 144 valence electrons. The van der Waals surface area contributed by atoms with E-state index >= 15 is 0 Å². The predicted molar refractivity (Wildman–Crippen MR) is 105 cm³/mol. The maximum Gasteiger partial charge on any atom is 0.416 e. The van der Waals surface area contributed by atoms with Crippen LogP contribution < -0.4 is 10.5 Å². The van der Waals surface area contributed by atoms with E-state index in [1.807, 2.05) is 42.5 Å². The molecule has 2 N–H and O–H groups in total. The third-order valence-corrected chi connectivity index (χ3v) is 4.15. The van der Waals surface area contributed by atoms with Crippen LogP contribution in [0.25, 0.3) is 11.1 Å². The number of halogens is 4. The third-order valence-electron chi connectivity index (χ3n) is 3.88. The number of ether oxygens (including phenoxy) is 1. The fraction of sp³-hybridized carbons (Fsp3) is 0.0952. The van der Waals surface area contributed by atoms with Crippen molar-refractivity contribution in [3.8, 4) is 22.6 Å². The lowest BCUT2D eigenvalue weighted by atomic mass is 10.1. The molecule has 0 aromatic heterocycles. The van der Waals surface area contributed by atoms with Crippen molar-refractivity contribution in [2.45, 2.75) is 6.18 Å². The molecule has 0 spiro atoms. The molecule has 0 heterocycles. The highest BCUT2D eigenvalue weighted by Crippen LogP contribution is 2.38. The molecular formula is C21H16ClF3N2O. The zero-order valence-electron chi connectivity index (χ0n) is 14.6. The van der Waals surface area contributed by atoms with Gasteiger partial charge in [-0.2, -0.15) is 13.2 Å². The van der Waals surface area contributed by atoms with Crippen LogP contribution in [0.1, 0.15) is 5.56 Å². The minimum atomic E-state index is -4.50. The molecule has 3 rings (SSSR count). The van der Waals surface area contributed by atoms with Crippen LogP contribution in [0.4, 0.5) is 18.9 Å². The number of nitrogens with zero attached hydrogens (tertiary/aromatic N) is 1. The fourth-order valence-electron chi connectivity index (χ4n) is 2.52.